The summed E-state index contributed by atoms with van der Waals surface area (Å²) in [5, 5.41) is 2.85. The van der Waals surface area contributed by atoms with Crippen LogP contribution in [0, 0.1) is 10.4 Å². The first-order valence-corrected chi connectivity index (χ1v) is 8.75. The summed E-state index contributed by atoms with van der Waals surface area (Å²) in [5.41, 5.74) is 0. The first kappa shape index (κ1) is 15.1. The normalized spacial score (nSPS) is 24.5. The van der Waals surface area contributed by atoms with Gasteiger partial charge in [0.2, 0.25) is 0 Å². The number of nitrogens with zero attached hydrogens (tertiary/aromatic N) is 1. The number of benzene rings is 1. The molecule has 1 heterocycles. The molecule has 0 radical (unpaired) electrons. The molecule has 0 spiro atoms. The lowest BCUT2D eigenvalue weighted by Gasteiger charge is -2.32. The average molecular weight is 287 g/mol. The van der Waals surface area contributed by atoms with Crippen LogP contribution >= 0.6 is 0 Å². The molecule has 2 fully saturated rings. The predicted molar refractivity (Wildman–Crippen MR) is 87.2 cm³/mol. The van der Waals surface area contributed by atoms with Gasteiger partial charge in [-0.1, -0.05) is 43.5 Å². The number of likely N-dealkylation sites (tertiary alicyclic amines) is 1. The van der Waals surface area contributed by atoms with E-state index in [0.29, 0.717) is 6.10 Å². The van der Waals surface area contributed by atoms with Crippen LogP contribution in [-0.4, -0.2) is 37.2 Å². The second-order valence-corrected chi connectivity index (χ2v) is 6.77. The molecule has 1 saturated carbocycles. The van der Waals surface area contributed by atoms with E-state index in [1.54, 1.807) is 0 Å². The molecular weight excluding hydrogens is 258 g/mol. The van der Waals surface area contributed by atoms with Gasteiger partial charge < -0.3 is 9.64 Å². The standard InChI is InChI=1S/C13H25NO.C6H4/c1-14-10-5-4-6-12(14)9-11-15-13-7-2-3-8-13;1-2-6-4-3-5(1)6/h12-13H,2-11H2,1H3;1-4H. The molecule has 21 heavy (non-hydrogen) atoms. The highest BCUT2D eigenvalue weighted by molar-refractivity contribution is 5.22. The first-order valence-electron chi connectivity index (χ1n) is 8.75. The van der Waals surface area contributed by atoms with Gasteiger partial charge in [-0.2, -0.15) is 0 Å². The molecular formula is C19H29NO. The first-order chi connectivity index (χ1) is 10.3. The molecule has 0 aromatic carbocycles. The summed E-state index contributed by atoms with van der Waals surface area (Å²) >= 11 is 0. The molecule has 0 bridgehead atoms. The van der Waals surface area contributed by atoms with Gasteiger partial charge >= 0.3 is 0 Å². The highest BCUT2D eigenvalue weighted by atomic mass is 16.5. The van der Waals surface area contributed by atoms with Crippen LogP contribution < -0.4 is 0 Å². The van der Waals surface area contributed by atoms with Crippen molar-refractivity contribution in [3.05, 3.63) is 34.7 Å². The van der Waals surface area contributed by atoms with Gasteiger partial charge in [-0.3, -0.25) is 0 Å². The Labute approximate surface area is 128 Å². The molecule has 0 amide bonds. The lowest BCUT2D eigenvalue weighted by atomic mass is 10.0. The summed E-state index contributed by atoms with van der Waals surface area (Å²) in [6, 6.07) is 9.27. The number of piperidine rings is 1. The number of hydrogen-bond donors (Lipinski definition) is 0. The Morgan fingerprint density at radius 2 is 1.57 bits per heavy atom. The third-order valence-electron chi connectivity index (χ3n) is 5.25. The molecule has 3 aliphatic carbocycles. The smallest absolute Gasteiger partial charge is 0.0575 e. The van der Waals surface area contributed by atoms with Crippen molar-refractivity contribution in [3.8, 4) is 0 Å². The van der Waals surface area contributed by atoms with E-state index in [2.05, 4.69) is 36.2 Å². The van der Waals surface area contributed by atoms with Crippen molar-refractivity contribution < 1.29 is 4.74 Å². The van der Waals surface area contributed by atoms with E-state index in [0.717, 1.165) is 12.6 Å². The highest BCUT2D eigenvalue weighted by Crippen LogP contribution is 2.22. The van der Waals surface area contributed by atoms with Gasteiger partial charge in [0.15, 0.2) is 0 Å². The molecule has 1 atom stereocenters. The zero-order valence-corrected chi connectivity index (χ0v) is 13.4. The predicted octanol–water partition coefficient (Wildman–Crippen LogP) is 4.11. The van der Waals surface area contributed by atoms with Crippen molar-refractivity contribution in [1.82, 2.24) is 4.90 Å². The van der Waals surface area contributed by atoms with Crippen LogP contribution in [0.1, 0.15) is 51.4 Å². The van der Waals surface area contributed by atoms with E-state index in [9.17, 15) is 0 Å². The maximum Gasteiger partial charge on any atom is 0.0575 e. The summed E-state index contributed by atoms with van der Waals surface area (Å²) in [6.45, 7) is 2.27. The molecule has 4 aliphatic rings. The maximum atomic E-state index is 5.93. The molecule has 1 unspecified atom stereocenters. The van der Waals surface area contributed by atoms with Crippen LogP contribution in [-0.2, 0) is 4.74 Å². The molecule has 1 saturated heterocycles. The van der Waals surface area contributed by atoms with Gasteiger partial charge in [-0.25, -0.2) is 0 Å². The summed E-state index contributed by atoms with van der Waals surface area (Å²) in [5.74, 6) is 0. The molecule has 2 nitrogen and oxygen atoms in total. The number of rotatable bonds is 4. The third kappa shape index (κ3) is 4.08. The fourth-order valence-electron chi connectivity index (χ4n) is 3.60. The minimum atomic E-state index is 0.596. The quantitative estimate of drug-likeness (QED) is 0.839. The number of ether oxygens (including phenoxy) is 1. The fourth-order valence-corrected chi connectivity index (χ4v) is 3.60. The lowest BCUT2D eigenvalue weighted by Crippen LogP contribution is -2.37. The molecule has 116 valence electrons. The number of hydrogen-bond acceptors (Lipinski definition) is 2. The molecule has 0 aromatic heterocycles. The van der Waals surface area contributed by atoms with Crippen molar-refractivity contribution in [2.24, 2.45) is 0 Å². The summed E-state index contributed by atoms with van der Waals surface area (Å²) in [4.78, 5) is 2.52. The Kier molecular flexibility index (Phi) is 5.32. The van der Waals surface area contributed by atoms with Crippen LogP contribution in [0.5, 0.6) is 0 Å². The third-order valence-corrected chi connectivity index (χ3v) is 5.25. The van der Waals surface area contributed by atoms with Crippen molar-refractivity contribution in [2.45, 2.75) is 63.5 Å². The molecule has 2 heteroatoms. The Balaban J connectivity index is 0.000000180. The van der Waals surface area contributed by atoms with E-state index >= 15 is 0 Å². The second-order valence-electron chi connectivity index (χ2n) is 6.77. The maximum absolute atomic E-state index is 5.93. The van der Waals surface area contributed by atoms with Crippen LogP contribution in [0.2, 0.25) is 0 Å². The molecule has 1 aliphatic heterocycles. The van der Waals surface area contributed by atoms with Crippen LogP contribution in [0.4, 0.5) is 0 Å². The molecule has 4 rings (SSSR count). The van der Waals surface area contributed by atoms with Crippen molar-refractivity contribution >= 4 is 0 Å². The van der Waals surface area contributed by atoms with Crippen LogP contribution in [0.15, 0.2) is 24.3 Å². The largest absolute Gasteiger partial charge is 0.378 e. The summed E-state index contributed by atoms with van der Waals surface area (Å²) < 4.78 is 5.93. The molecule has 0 N–H and O–H groups in total. The fraction of sp³-hybridized carbons (Fsp3) is 0.684. The van der Waals surface area contributed by atoms with E-state index in [4.69, 9.17) is 4.74 Å². The highest BCUT2D eigenvalue weighted by Gasteiger charge is 2.20. The van der Waals surface area contributed by atoms with E-state index < -0.39 is 0 Å². The van der Waals surface area contributed by atoms with Crippen LogP contribution in [0.3, 0.4) is 0 Å². The van der Waals surface area contributed by atoms with Gasteiger partial charge in [-0.05, 0) is 56.1 Å². The lowest BCUT2D eigenvalue weighted by molar-refractivity contribution is 0.0381. The molecule has 0 aromatic rings. The van der Waals surface area contributed by atoms with Crippen LogP contribution in [0.25, 0.3) is 0 Å². The summed E-state index contributed by atoms with van der Waals surface area (Å²) in [6.07, 6.45) is 11.4. The minimum Gasteiger partial charge on any atom is -0.378 e. The monoisotopic (exact) mass is 287 g/mol. The summed E-state index contributed by atoms with van der Waals surface area (Å²) in [7, 11) is 2.26. The van der Waals surface area contributed by atoms with E-state index in [1.165, 1.54) is 68.3 Å². The van der Waals surface area contributed by atoms with Gasteiger partial charge in [-0.15, -0.1) is 0 Å². The zero-order valence-electron chi connectivity index (χ0n) is 13.4. The van der Waals surface area contributed by atoms with Gasteiger partial charge in [0.1, 0.15) is 0 Å². The topological polar surface area (TPSA) is 12.5 Å². The SMILES string of the molecule is CN1CCCCC1CCOC1CCCC1.c1cc2ccc1=2. The average Bonchev–Trinajstić information content (AvgIpc) is 2.99. The van der Waals surface area contributed by atoms with E-state index in [-0.39, 0.29) is 0 Å². The van der Waals surface area contributed by atoms with Gasteiger partial charge in [0.05, 0.1) is 6.10 Å². The Morgan fingerprint density at radius 1 is 0.952 bits per heavy atom. The zero-order chi connectivity index (χ0) is 14.5. The Bertz CT molecular complexity index is 470. The Morgan fingerprint density at radius 3 is 2.10 bits per heavy atom. The second kappa shape index (κ2) is 7.42. The Hall–Kier alpha value is -0.860. The van der Waals surface area contributed by atoms with Crippen molar-refractivity contribution in [2.75, 3.05) is 20.2 Å². The van der Waals surface area contributed by atoms with Crippen molar-refractivity contribution in [3.63, 3.8) is 0 Å². The van der Waals surface area contributed by atoms with E-state index in [1.807, 2.05) is 0 Å². The minimum absolute atomic E-state index is 0.596. The van der Waals surface area contributed by atoms with Gasteiger partial charge in [0.25, 0.3) is 0 Å². The van der Waals surface area contributed by atoms with Crippen molar-refractivity contribution in [1.29, 1.82) is 0 Å². The van der Waals surface area contributed by atoms with Gasteiger partial charge in [0, 0.05) is 12.6 Å².